The first-order chi connectivity index (χ1) is 10.9. The van der Waals surface area contributed by atoms with Crippen LogP contribution in [0.2, 0.25) is 0 Å². The molecule has 1 fully saturated rings. The van der Waals surface area contributed by atoms with Crippen molar-refractivity contribution in [3.63, 3.8) is 0 Å². The van der Waals surface area contributed by atoms with E-state index in [9.17, 15) is 18.4 Å². The number of carboxylic acid groups (broad SMARTS) is 1. The van der Waals surface area contributed by atoms with Crippen molar-refractivity contribution in [2.45, 2.75) is 44.3 Å². The number of hydrogen-bond donors (Lipinski definition) is 2. The van der Waals surface area contributed by atoms with E-state index >= 15 is 0 Å². The molecule has 0 bridgehead atoms. The SMILES string of the molecule is O=C(NC1CCC(C(=O)O)CCC1(F)F)OCc1ccccc1. The summed E-state index contributed by atoms with van der Waals surface area (Å²) in [7, 11) is 0. The number of nitrogens with one attached hydrogen (secondary N) is 1. The predicted octanol–water partition coefficient (Wildman–Crippen LogP) is 3.19. The average molecular weight is 327 g/mol. The Morgan fingerprint density at radius 3 is 2.57 bits per heavy atom. The zero-order valence-electron chi connectivity index (χ0n) is 12.5. The van der Waals surface area contributed by atoms with Gasteiger partial charge in [0, 0.05) is 6.42 Å². The number of carbonyl (C=O) groups excluding carboxylic acids is 1. The van der Waals surface area contributed by atoms with Gasteiger partial charge in [-0.3, -0.25) is 4.79 Å². The van der Waals surface area contributed by atoms with Crippen molar-refractivity contribution in [1.29, 1.82) is 0 Å². The molecule has 0 aromatic heterocycles. The van der Waals surface area contributed by atoms with Crippen LogP contribution in [0, 0.1) is 5.92 Å². The van der Waals surface area contributed by atoms with Crippen LogP contribution in [0.4, 0.5) is 13.6 Å². The number of carboxylic acids is 1. The summed E-state index contributed by atoms with van der Waals surface area (Å²) in [6.07, 6.45) is -1.57. The highest BCUT2D eigenvalue weighted by Gasteiger charge is 2.44. The van der Waals surface area contributed by atoms with E-state index in [4.69, 9.17) is 9.84 Å². The number of benzene rings is 1. The van der Waals surface area contributed by atoms with E-state index in [1.807, 2.05) is 6.07 Å². The Kier molecular flexibility index (Phi) is 5.52. The number of aliphatic carboxylic acids is 1. The number of alkyl carbamates (subject to hydrolysis) is 1. The van der Waals surface area contributed by atoms with Crippen molar-refractivity contribution in [3.8, 4) is 0 Å². The molecule has 1 amide bonds. The standard InChI is InChI=1S/C16H19F2NO4/c17-16(18)9-8-12(14(20)21)6-7-13(16)19-15(22)23-10-11-4-2-1-3-5-11/h1-5,12-13H,6-10H2,(H,19,22)(H,20,21). The van der Waals surface area contributed by atoms with E-state index in [1.54, 1.807) is 24.3 Å². The van der Waals surface area contributed by atoms with Gasteiger partial charge in [-0.05, 0) is 24.8 Å². The van der Waals surface area contributed by atoms with Crippen molar-refractivity contribution in [2.75, 3.05) is 0 Å². The molecular weight excluding hydrogens is 308 g/mol. The lowest BCUT2D eigenvalue weighted by Crippen LogP contribution is -2.47. The molecule has 0 radical (unpaired) electrons. The van der Waals surface area contributed by atoms with E-state index in [1.165, 1.54) is 0 Å². The first-order valence-electron chi connectivity index (χ1n) is 7.46. The second kappa shape index (κ2) is 7.39. The third-order valence-electron chi connectivity index (χ3n) is 3.99. The Hall–Kier alpha value is -2.18. The summed E-state index contributed by atoms with van der Waals surface area (Å²) < 4.78 is 33.0. The molecule has 1 aliphatic rings. The second-order valence-corrected chi connectivity index (χ2v) is 5.67. The average Bonchev–Trinajstić information content (AvgIpc) is 2.66. The highest BCUT2D eigenvalue weighted by atomic mass is 19.3. The zero-order chi connectivity index (χ0) is 16.9. The maximum atomic E-state index is 14.0. The van der Waals surface area contributed by atoms with Gasteiger partial charge in [0.15, 0.2) is 0 Å². The van der Waals surface area contributed by atoms with Crippen molar-refractivity contribution in [1.82, 2.24) is 5.32 Å². The molecule has 1 saturated carbocycles. The number of amides is 1. The highest BCUT2D eigenvalue weighted by molar-refractivity contribution is 5.70. The van der Waals surface area contributed by atoms with Crippen molar-refractivity contribution in [3.05, 3.63) is 35.9 Å². The van der Waals surface area contributed by atoms with E-state index in [0.29, 0.717) is 0 Å². The van der Waals surface area contributed by atoms with Crippen LogP contribution in [0.1, 0.15) is 31.2 Å². The summed E-state index contributed by atoms with van der Waals surface area (Å²) in [5.74, 6) is -5.02. The van der Waals surface area contributed by atoms with E-state index in [2.05, 4.69) is 5.32 Å². The highest BCUT2D eigenvalue weighted by Crippen LogP contribution is 2.35. The predicted molar refractivity (Wildman–Crippen MR) is 78.1 cm³/mol. The molecule has 0 aliphatic heterocycles. The fourth-order valence-electron chi connectivity index (χ4n) is 2.60. The monoisotopic (exact) mass is 327 g/mol. The molecule has 1 aromatic carbocycles. The summed E-state index contributed by atoms with van der Waals surface area (Å²) in [5.41, 5.74) is 0.751. The number of carbonyl (C=O) groups is 2. The summed E-state index contributed by atoms with van der Waals surface area (Å²) in [4.78, 5) is 22.7. The minimum absolute atomic E-state index is 0.0112. The molecule has 2 N–H and O–H groups in total. The fraction of sp³-hybridized carbons (Fsp3) is 0.500. The Bertz CT molecular complexity index is 550. The maximum Gasteiger partial charge on any atom is 0.407 e. The zero-order valence-corrected chi connectivity index (χ0v) is 12.5. The lowest BCUT2D eigenvalue weighted by Gasteiger charge is -2.25. The minimum Gasteiger partial charge on any atom is -0.481 e. The number of halogens is 2. The van der Waals surface area contributed by atoms with Gasteiger partial charge in [-0.1, -0.05) is 30.3 Å². The molecule has 7 heteroatoms. The topological polar surface area (TPSA) is 75.6 Å². The van der Waals surface area contributed by atoms with Crippen molar-refractivity contribution in [2.24, 2.45) is 5.92 Å². The van der Waals surface area contributed by atoms with Crippen LogP contribution < -0.4 is 5.32 Å². The van der Waals surface area contributed by atoms with Gasteiger partial charge in [0.05, 0.1) is 12.0 Å². The molecule has 126 valence electrons. The van der Waals surface area contributed by atoms with Gasteiger partial charge in [-0.2, -0.15) is 0 Å². The number of hydrogen-bond acceptors (Lipinski definition) is 3. The first-order valence-corrected chi connectivity index (χ1v) is 7.46. The molecule has 2 rings (SSSR count). The lowest BCUT2D eigenvalue weighted by atomic mass is 10.0. The first kappa shape index (κ1) is 17.2. The van der Waals surface area contributed by atoms with Gasteiger partial charge < -0.3 is 15.2 Å². The smallest absolute Gasteiger partial charge is 0.407 e. The summed E-state index contributed by atoms with van der Waals surface area (Å²) in [6.45, 7) is -0.0112. The van der Waals surface area contributed by atoms with Gasteiger partial charge in [0.2, 0.25) is 0 Å². The number of rotatable bonds is 4. The second-order valence-electron chi connectivity index (χ2n) is 5.67. The fourth-order valence-corrected chi connectivity index (χ4v) is 2.60. The van der Waals surface area contributed by atoms with Gasteiger partial charge in [-0.15, -0.1) is 0 Å². The Morgan fingerprint density at radius 2 is 1.91 bits per heavy atom. The minimum atomic E-state index is -3.14. The molecule has 2 unspecified atom stereocenters. The number of ether oxygens (including phenoxy) is 1. The molecule has 1 aromatic rings. The van der Waals surface area contributed by atoms with Crippen LogP contribution in [0.3, 0.4) is 0 Å². The van der Waals surface area contributed by atoms with E-state index in [0.717, 1.165) is 5.56 Å². The number of alkyl halides is 2. The van der Waals surface area contributed by atoms with Crippen LogP contribution in [-0.2, 0) is 16.1 Å². The quantitative estimate of drug-likeness (QED) is 0.833. The van der Waals surface area contributed by atoms with Crippen LogP contribution in [0.5, 0.6) is 0 Å². The summed E-state index contributed by atoms with van der Waals surface area (Å²) in [5, 5.41) is 11.1. The Balaban J connectivity index is 1.89. The largest absolute Gasteiger partial charge is 0.481 e. The molecule has 0 saturated heterocycles. The van der Waals surface area contributed by atoms with Gasteiger partial charge in [0.25, 0.3) is 5.92 Å². The summed E-state index contributed by atoms with van der Waals surface area (Å²) >= 11 is 0. The Labute approximate surface area is 132 Å². The Morgan fingerprint density at radius 1 is 1.22 bits per heavy atom. The molecule has 0 spiro atoms. The van der Waals surface area contributed by atoms with Gasteiger partial charge in [0.1, 0.15) is 6.61 Å². The van der Waals surface area contributed by atoms with Crippen LogP contribution in [-0.4, -0.2) is 29.1 Å². The third kappa shape index (κ3) is 4.91. The molecule has 23 heavy (non-hydrogen) atoms. The normalized spacial score (nSPS) is 23.6. The van der Waals surface area contributed by atoms with Crippen molar-refractivity contribution >= 4 is 12.1 Å². The van der Waals surface area contributed by atoms with Crippen LogP contribution in [0.15, 0.2) is 30.3 Å². The van der Waals surface area contributed by atoms with Crippen LogP contribution in [0.25, 0.3) is 0 Å². The third-order valence-corrected chi connectivity index (χ3v) is 3.99. The van der Waals surface area contributed by atoms with E-state index < -0.39 is 36.4 Å². The van der Waals surface area contributed by atoms with Gasteiger partial charge in [-0.25, -0.2) is 13.6 Å². The van der Waals surface area contributed by atoms with Gasteiger partial charge >= 0.3 is 12.1 Å². The molecular formula is C16H19F2NO4. The van der Waals surface area contributed by atoms with Crippen LogP contribution >= 0.6 is 0 Å². The molecule has 1 aliphatic carbocycles. The van der Waals surface area contributed by atoms with E-state index in [-0.39, 0.29) is 25.9 Å². The maximum absolute atomic E-state index is 14.0. The van der Waals surface area contributed by atoms with Crippen molar-refractivity contribution < 1.29 is 28.2 Å². The molecule has 2 atom stereocenters. The molecule has 0 heterocycles. The molecule has 5 nitrogen and oxygen atoms in total. The lowest BCUT2D eigenvalue weighted by molar-refractivity contribution is -0.142. The summed E-state index contributed by atoms with van der Waals surface area (Å²) in [6, 6.07) is 7.48.